The second-order valence-electron chi connectivity index (χ2n) is 6.29. The van der Waals surface area contributed by atoms with E-state index in [0.717, 1.165) is 30.4 Å². The largest absolute Gasteiger partial charge is 0.366 e. The number of benzene rings is 1. The molecule has 4 rings (SSSR count). The smallest absolute Gasteiger partial charge is 0.257 e. The van der Waals surface area contributed by atoms with E-state index in [1.54, 1.807) is 0 Å². The highest BCUT2D eigenvalue weighted by molar-refractivity contribution is 5.94. The minimum atomic E-state index is -0.444. The van der Waals surface area contributed by atoms with Crippen molar-refractivity contribution in [3.63, 3.8) is 0 Å². The molecule has 2 aliphatic rings. The number of amides is 1. The molecular formula is C17H22N4O2. The molecule has 1 saturated heterocycles. The normalized spacial score (nSPS) is 22.5. The van der Waals surface area contributed by atoms with E-state index in [2.05, 4.69) is 26.3 Å². The van der Waals surface area contributed by atoms with Gasteiger partial charge < -0.3 is 14.6 Å². The molecule has 0 radical (unpaired) electrons. The average molecular weight is 314 g/mol. The van der Waals surface area contributed by atoms with Crippen molar-refractivity contribution >= 4 is 22.9 Å². The molecule has 1 unspecified atom stereocenters. The number of aromatic nitrogens is 2. The first-order valence-electron chi connectivity index (χ1n) is 8.43. The fourth-order valence-electron chi connectivity index (χ4n) is 3.59. The quantitative estimate of drug-likeness (QED) is 0.910. The lowest BCUT2D eigenvalue weighted by molar-refractivity contribution is -0.128. The van der Waals surface area contributed by atoms with Crippen LogP contribution in [0.2, 0.25) is 0 Å². The van der Waals surface area contributed by atoms with Crippen molar-refractivity contribution in [2.45, 2.75) is 37.8 Å². The number of morpholine rings is 1. The number of hydrogen-bond acceptors (Lipinski definition) is 4. The summed E-state index contributed by atoms with van der Waals surface area (Å²) < 4.78 is 7.74. The van der Waals surface area contributed by atoms with Gasteiger partial charge in [0.1, 0.15) is 6.10 Å². The van der Waals surface area contributed by atoms with Crippen molar-refractivity contribution in [3.8, 4) is 0 Å². The molecule has 1 aromatic heterocycles. The molecule has 0 bridgehead atoms. The number of imidazole rings is 1. The number of nitrogens with zero attached hydrogens (tertiary/aromatic N) is 2. The van der Waals surface area contributed by atoms with Crippen molar-refractivity contribution in [1.29, 1.82) is 0 Å². The van der Waals surface area contributed by atoms with Crippen molar-refractivity contribution in [2.75, 3.05) is 25.0 Å². The molecule has 2 N–H and O–H groups in total. The maximum absolute atomic E-state index is 12.5. The first kappa shape index (κ1) is 14.7. The van der Waals surface area contributed by atoms with Crippen LogP contribution < -0.4 is 10.6 Å². The zero-order valence-corrected chi connectivity index (χ0v) is 13.1. The maximum Gasteiger partial charge on any atom is 0.257 e. The van der Waals surface area contributed by atoms with E-state index in [9.17, 15) is 4.79 Å². The van der Waals surface area contributed by atoms with Gasteiger partial charge in [-0.2, -0.15) is 0 Å². The second-order valence-corrected chi connectivity index (χ2v) is 6.29. The van der Waals surface area contributed by atoms with E-state index in [4.69, 9.17) is 4.74 Å². The van der Waals surface area contributed by atoms with Gasteiger partial charge >= 0.3 is 0 Å². The number of fused-ring (bicyclic) bond motifs is 1. The molecule has 6 nitrogen and oxygen atoms in total. The summed E-state index contributed by atoms with van der Waals surface area (Å²) in [4.78, 5) is 17.1. The van der Waals surface area contributed by atoms with Crippen LogP contribution in [-0.4, -0.2) is 41.3 Å². The topological polar surface area (TPSA) is 68.2 Å². The predicted octanol–water partition coefficient (Wildman–Crippen LogP) is 2.08. The lowest BCUT2D eigenvalue weighted by atomic mass is 10.2. The molecule has 6 heteroatoms. The van der Waals surface area contributed by atoms with Gasteiger partial charge in [-0.3, -0.25) is 10.1 Å². The van der Waals surface area contributed by atoms with Gasteiger partial charge in [0, 0.05) is 19.1 Å². The number of ether oxygens (including phenoxy) is 1. The SMILES string of the molecule is O=C(Nc1nc2ccccc2n1C1CCCC1)C1CNCCO1. The monoisotopic (exact) mass is 314 g/mol. The number of anilines is 1. The Hall–Kier alpha value is -1.92. The molecule has 2 fully saturated rings. The molecule has 1 amide bonds. The molecule has 1 atom stereocenters. The van der Waals surface area contributed by atoms with Crippen molar-refractivity contribution < 1.29 is 9.53 Å². The van der Waals surface area contributed by atoms with Gasteiger partial charge in [-0.15, -0.1) is 0 Å². The summed E-state index contributed by atoms with van der Waals surface area (Å²) in [7, 11) is 0. The average Bonchev–Trinajstić information content (AvgIpc) is 3.22. The summed E-state index contributed by atoms with van der Waals surface area (Å²) in [6.07, 6.45) is 4.32. The minimum Gasteiger partial charge on any atom is -0.366 e. The van der Waals surface area contributed by atoms with E-state index < -0.39 is 6.10 Å². The first-order valence-corrected chi connectivity index (χ1v) is 8.43. The van der Waals surface area contributed by atoms with Crippen LogP contribution in [0.15, 0.2) is 24.3 Å². The Labute approximate surface area is 135 Å². The van der Waals surface area contributed by atoms with Crippen LogP contribution in [0.25, 0.3) is 11.0 Å². The van der Waals surface area contributed by atoms with E-state index in [1.165, 1.54) is 12.8 Å². The van der Waals surface area contributed by atoms with E-state index in [-0.39, 0.29) is 5.91 Å². The Balaban J connectivity index is 1.65. The molecule has 23 heavy (non-hydrogen) atoms. The van der Waals surface area contributed by atoms with Crippen LogP contribution in [0.5, 0.6) is 0 Å². The Bertz CT molecular complexity index is 700. The first-order chi connectivity index (χ1) is 11.3. The third-order valence-corrected chi connectivity index (χ3v) is 4.74. The van der Waals surface area contributed by atoms with Gasteiger partial charge in [-0.05, 0) is 25.0 Å². The van der Waals surface area contributed by atoms with E-state index in [1.807, 2.05) is 18.2 Å². The molecular weight excluding hydrogens is 292 g/mol. The number of carbonyl (C=O) groups excluding carboxylic acids is 1. The molecule has 1 aliphatic carbocycles. The number of carbonyl (C=O) groups is 1. The maximum atomic E-state index is 12.5. The third-order valence-electron chi connectivity index (χ3n) is 4.74. The lowest BCUT2D eigenvalue weighted by Gasteiger charge is -2.23. The summed E-state index contributed by atoms with van der Waals surface area (Å²) in [6, 6.07) is 8.50. The minimum absolute atomic E-state index is 0.119. The molecule has 122 valence electrons. The summed E-state index contributed by atoms with van der Waals surface area (Å²) in [5, 5.41) is 6.18. The zero-order valence-electron chi connectivity index (χ0n) is 13.1. The lowest BCUT2D eigenvalue weighted by Crippen LogP contribution is -2.45. The molecule has 1 saturated carbocycles. The highest BCUT2D eigenvalue weighted by Gasteiger charge is 2.27. The van der Waals surface area contributed by atoms with Crippen molar-refractivity contribution in [3.05, 3.63) is 24.3 Å². The number of para-hydroxylation sites is 2. The fraction of sp³-hybridized carbons (Fsp3) is 0.529. The standard InChI is InChI=1S/C17H22N4O2/c22-16(15-11-18-9-10-23-15)20-17-19-13-7-3-4-8-14(13)21(17)12-5-1-2-6-12/h3-4,7-8,12,15,18H,1-2,5-6,9-11H2,(H,19,20,22). The van der Waals surface area contributed by atoms with Crippen LogP contribution in [-0.2, 0) is 9.53 Å². The number of hydrogen-bond donors (Lipinski definition) is 2. The second kappa shape index (κ2) is 6.29. The highest BCUT2D eigenvalue weighted by Crippen LogP contribution is 2.35. The summed E-state index contributed by atoms with van der Waals surface area (Å²) in [5.74, 6) is 0.532. The Morgan fingerprint density at radius 2 is 2.13 bits per heavy atom. The third kappa shape index (κ3) is 2.84. The number of nitrogens with one attached hydrogen (secondary N) is 2. The zero-order chi connectivity index (χ0) is 15.6. The fourth-order valence-corrected chi connectivity index (χ4v) is 3.59. The summed E-state index contributed by atoms with van der Waals surface area (Å²) in [6.45, 7) is 1.91. The van der Waals surface area contributed by atoms with Crippen LogP contribution in [0, 0.1) is 0 Å². The van der Waals surface area contributed by atoms with Crippen molar-refractivity contribution in [2.24, 2.45) is 0 Å². The Morgan fingerprint density at radius 3 is 2.91 bits per heavy atom. The molecule has 2 heterocycles. The number of rotatable bonds is 3. The summed E-state index contributed by atoms with van der Waals surface area (Å²) in [5.41, 5.74) is 2.02. The van der Waals surface area contributed by atoms with Crippen LogP contribution >= 0.6 is 0 Å². The highest BCUT2D eigenvalue weighted by atomic mass is 16.5. The molecule has 2 aromatic rings. The van der Waals surface area contributed by atoms with Crippen molar-refractivity contribution in [1.82, 2.24) is 14.9 Å². The van der Waals surface area contributed by atoms with E-state index in [0.29, 0.717) is 25.1 Å². The summed E-state index contributed by atoms with van der Waals surface area (Å²) >= 11 is 0. The van der Waals surface area contributed by atoms with Crippen LogP contribution in [0.1, 0.15) is 31.7 Å². The van der Waals surface area contributed by atoms with Gasteiger partial charge in [-0.1, -0.05) is 25.0 Å². The van der Waals surface area contributed by atoms with Gasteiger partial charge in [0.25, 0.3) is 5.91 Å². The molecule has 1 aromatic carbocycles. The van der Waals surface area contributed by atoms with Gasteiger partial charge in [0.05, 0.1) is 17.6 Å². The Morgan fingerprint density at radius 1 is 1.30 bits per heavy atom. The predicted molar refractivity (Wildman–Crippen MR) is 88.5 cm³/mol. The van der Waals surface area contributed by atoms with Gasteiger partial charge in [0.2, 0.25) is 5.95 Å². The molecule has 0 spiro atoms. The molecule has 1 aliphatic heterocycles. The van der Waals surface area contributed by atoms with Gasteiger partial charge in [0.15, 0.2) is 0 Å². The van der Waals surface area contributed by atoms with Crippen LogP contribution in [0.4, 0.5) is 5.95 Å². The van der Waals surface area contributed by atoms with E-state index >= 15 is 0 Å². The van der Waals surface area contributed by atoms with Crippen LogP contribution in [0.3, 0.4) is 0 Å². The Kier molecular flexibility index (Phi) is 4.01. The van der Waals surface area contributed by atoms with Gasteiger partial charge in [-0.25, -0.2) is 4.98 Å².